The molecular weight excluding hydrogens is 376 g/mol. The largest absolute Gasteiger partial charge is 0.493 e. The Morgan fingerprint density at radius 1 is 1.20 bits per heavy atom. The highest BCUT2D eigenvalue weighted by Gasteiger charge is 2.22. The first kappa shape index (κ1) is 20.2. The minimum Gasteiger partial charge on any atom is -0.493 e. The molecule has 7 nitrogen and oxygen atoms in total. The molecule has 4 rings (SSSR count). The van der Waals surface area contributed by atoms with E-state index in [0.717, 1.165) is 60.7 Å². The third-order valence-electron chi connectivity index (χ3n) is 5.32. The molecule has 0 unspecified atom stereocenters. The van der Waals surface area contributed by atoms with E-state index >= 15 is 0 Å². The van der Waals surface area contributed by atoms with Gasteiger partial charge in [0.25, 0.3) is 0 Å². The normalized spacial score (nSPS) is 14.1. The number of hydrogen-bond acceptors (Lipinski definition) is 4. The number of ether oxygens (including phenoxy) is 1. The van der Waals surface area contributed by atoms with E-state index in [9.17, 15) is 0 Å². The average molecular weight is 407 g/mol. The summed E-state index contributed by atoms with van der Waals surface area (Å²) in [6.45, 7) is 4.40. The van der Waals surface area contributed by atoms with Gasteiger partial charge in [-0.3, -0.25) is 9.39 Å². The van der Waals surface area contributed by atoms with Gasteiger partial charge in [0.15, 0.2) is 11.6 Å². The molecule has 2 N–H and O–H groups in total. The topological polar surface area (TPSA) is 75.8 Å². The summed E-state index contributed by atoms with van der Waals surface area (Å²) in [5, 5.41) is 15.3. The van der Waals surface area contributed by atoms with Crippen LogP contribution >= 0.6 is 0 Å². The van der Waals surface area contributed by atoms with Crippen molar-refractivity contribution in [1.29, 1.82) is 0 Å². The number of guanidine groups is 1. The van der Waals surface area contributed by atoms with Gasteiger partial charge in [-0.25, -0.2) is 0 Å². The third kappa shape index (κ3) is 5.28. The number of aryl methyl sites for hydroxylation is 2. The first-order valence-electron chi connectivity index (χ1n) is 10.7. The minimum atomic E-state index is 0.675. The Morgan fingerprint density at radius 2 is 2.10 bits per heavy atom. The number of nitrogens with zero attached hydrogens (tertiary/aromatic N) is 4. The van der Waals surface area contributed by atoms with Crippen LogP contribution in [0.15, 0.2) is 47.6 Å². The number of aliphatic imine (C=N–C) groups is 1. The molecule has 1 saturated carbocycles. The van der Waals surface area contributed by atoms with Crippen molar-refractivity contribution in [2.24, 2.45) is 10.9 Å². The quantitative estimate of drug-likeness (QED) is 0.324. The van der Waals surface area contributed by atoms with Crippen molar-refractivity contribution in [3.05, 3.63) is 59.5 Å². The standard InChI is InChI=1S/C23H30N6O/c1-17-8-11-19(20(14-17)30-16-18-9-10-18)15-26-23(24-2)25-12-5-7-22-28-27-21-6-3-4-13-29(21)22/h3-4,6,8,11,13-14,18H,5,7,9-10,12,15-16H2,1-2H3,(H2,24,25,26). The van der Waals surface area contributed by atoms with Gasteiger partial charge < -0.3 is 15.4 Å². The predicted molar refractivity (Wildman–Crippen MR) is 119 cm³/mol. The maximum absolute atomic E-state index is 6.07. The monoisotopic (exact) mass is 406 g/mol. The third-order valence-corrected chi connectivity index (χ3v) is 5.32. The van der Waals surface area contributed by atoms with Crippen molar-refractivity contribution >= 4 is 11.6 Å². The van der Waals surface area contributed by atoms with E-state index in [0.29, 0.717) is 6.54 Å². The first-order valence-corrected chi connectivity index (χ1v) is 10.7. The van der Waals surface area contributed by atoms with Gasteiger partial charge in [0.2, 0.25) is 0 Å². The Balaban J connectivity index is 1.25. The summed E-state index contributed by atoms with van der Waals surface area (Å²) < 4.78 is 8.10. The van der Waals surface area contributed by atoms with E-state index in [-0.39, 0.29) is 0 Å². The highest BCUT2D eigenvalue weighted by atomic mass is 16.5. The molecule has 1 fully saturated rings. The van der Waals surface area contributed by atoms with Crippen molar-refractivity contribution in [3.8, 4) is 5.75 Å². The fraction of sp³-hybridized carbons (Fsp3) is 0.435. The van der Waals surface area contributed by atoms with Gasteiger partial charge in [-0.05, 0) is 55.9 Å². The molecule has 3 aromatic rings. The number of aromatic nitrogens is 3. The zero-order chi connectivity index (χ0) is 20.8. The molecule has 1 aliphatic rings. The highest BCUT2D eigenvalue weighted by molar-refractivity contribution is 5.79. The van der Waals surface area contributed by atoms with Gasteiger partial charge >= 0.3 is 0 Å². The van der Waals surface area contributed by atoms with E-state index < -0.39 is 0 Å². The molecule has 0 amide bonds. The Kier molecular flexibility index (Phi) is 6.47. The molecule has 2 aromatic heterocycles. The van der Waals surface area contributed by atoms with Gasteiger partial charge in [-0.2, -0.15) is 0 Å². The number of benzene rings is 1. The van der Waals surface area contributed by atoms with Crippen LogP contribution in [0.4, 0.5) is 0 Å². The summed E-state index contributed by atoms with van der Waals surface area (Å²) in [5.41, 5.74) is 3.25. The van der Waals surface area contributed by atoms with Crippen LogP contribution in [-0.2, 0) is 13.0 Å². The van der Waals surface area contributed by atoms with Crippen molar-refractivity contribution in [3.63, 3.8) is 0 Å². The number of nitrogens with one attached hydrogen (secondary N) is 2. The minimum absolute atomic E-state index is 0.675. The van der Waals surface area contributed by atoms with Gasteiger partial charge in [0.05, 0.1) is 6.61 Å². The molecule has 0 atom stereocenters. The van der Waals surface area contributed by atoms with E-state index in [4.69, 9.17) is 4.74 Å². The summed E-state index contributed by atoms with van der Waals surface area (Å²) in [6.07, 6.45) is 6.38. The number of hydrogen-bond donors (Lipinski definition) is 2. The zero-order valence-electron chi connectivity index (χ0n) is 17.8. The van der Waals surface area contributed by atoms with Crippen LogP contribution in [0, 0.1) is 12.8 Å². The molecule has 158 valence electrons. The molecule has 30 heavy (non-hydrogen) atoms. The van der Waals surface area contributed by atoms with E-state index in [1.807, 2.05) is 28.8 Å². The molecule has 2 heterocycles. The summed E-state index contributed by atoms with van der Waals surface area (Å²) in [6, 6.07) is 12.3. The van der Waals surface area contributed by atoms with Crippen molar-refractivity contribution in [1.82, 2.24) is 25.2 Å². The fourth-order valence-electron chi connectivity index (χ4n) is 3.35. The Hall–Kier alpha value is -3.09. The molecule has 0 bridgehead atoms. The number of rotatable bonds is 9. The molecule has 0 saturated heterocycles. The van der Waals surface area contributed by atoms with Gasteiger partial charge in [0.1, 0.15) is 11.6 Å². The maximum Gasteiger partial charge on any atom is 0.191 e. The Morgan fingerprint density at radius 3 is 2.93 bits per heavy atom. The molecule has 0 radical (unpaired) electrons. The fourth-order valence-corrected chi connectivity index (χ4v) is 3.35. The highest BCUT2D eigenvalue weighted by Crippen LogP contribution is 2.30. The van der Waals surface area contributed by atoms with E-state index in [2.05, 4.69) is 50.9 Å². The van der Waals surface area contributed by atoms with Crippen LogP contribution in [0.2, 0.25) is 0 Å². The van der Waals surface area contributed by atoms with Gasteiger partial charge in [0, 0.05) is 38.3 Å². The van der Waals surface area contributed by atoms with Gasteiger partial charge in [-0.1, -0.05) is 18.2 Å². The number of pyridine rings is 1. The summed E-state index contributed by atoms with van der Waals surface area (Å²) >= 11 is 0. The lowest BCUT2D eigenvalue weighted by atomic mass is 10.1. The Bertz CT molecular complexity index is 1010. The predicted octanol–water partition coefficient (Wildman–Crippen LogP) is 3.12. The van der Waals surface area contributed by atoms with Crippen molar-refractivity contribution in [2.75, 3.05) is 20.2 Å². The van der Waals surface area contributed by atoms with Crippen LogP contribution in [0.1, 0.15) is 36.2 Å². The second-order valence-electron chi connectivity index (χ2n) is 7.87. The van der Waals surface area contributed by atoms with Crippen LogP contribution in [0.25, 0.3) is 5.65 Å². The summed E-state index contributed by atoms with van der Waals surface area (Å²) in [5.74, 6) is 3.48. The molecule has 7 heteroatoms. The molecule has 1 aromatic carbocycles. The van der Waals surface area contributed by atoms with Crippen LogP contribution in [-0.4, -0.2) is 40.8 Å². The van der Waals surface area contributed by atoms with Crippen LogP contribution in [0.3, 0.4) is 0 Å². The van der Waals surface area contributed by atoms with Crippen molar-refractivity contribution < 1.29 is 4.74 Å². The summed E-state index contributed by atoms with van der Waals surface area (Å²) in [4.78, 5) is 4.34. The van der Waals surface area contributed by atoms with Crippen molar-refractivity contribution in [2.45, 2.75) is 39.2 Å². The van der Waals surface area contributed by atoms with Gasteiger partial charge in [-0.15, -0.1) is 10.2 Å². The second-order valence-corrected chi connectivity index (χ2v) is 7.87. The van der Waals surface area contributed by atoms with E-state index in [1.54, 1.807) is 7.05 Å². The SMILES string of the molecule is CN=C(NCCCc1nnc2ccccn12)NCc1ccc(C)cc1OCC1CC1. The molecule has 0 aliphatic heterocycles. The first-order chi connectivity index (χ1) is 14.7. The lowest BCUT2D eigenvalue weighted by Gasteiger charge is -2.15. The maximum atomic E-state index is 6.07. The van der Waals surface area contributed by atoms with Crippen LogP contribution in [0.5, 0.6) is 5.75 Å². The molecule has 1 aliphatic carbocycles. The lowest BCUT2D eigenvalue weighted by molar-refractivity contribution is 0.296. The smallest absolute Gasteiger partial charge is 0.191 e. The summed E-state index contributed by atoms with van der Waals surface area (Å²) in [7, 11) is 1.79. The van der Waals surface area contributed by atoms with Crippen LogP contribution < -0.4 is 15.4 Å². The Labute approximate surface area is 177 Å². The van der Waals surface area contributed by atoms with E-state index in [1.165, 1.54) is 18.4 Å². The zero-order valence-corrected chi connectivity index (χ0v) is 17.8. The molecule has 0 spiro atoms. The number of fused-ring (bicyclic) bond motifs is 1. The second kappa shape index (κ2) is 9.61. The lowest BCUT2D eigenvalue weighted by Crippen LogP contribution is -2.37. The average Bonchev–Trinajstić information content (AvgIpc) is 3.51. The molecular formula is C23H30N6O.